The first-order valence-corrected chi connectivity index (χ1v) is 14.9. The smallest absolute Gasteiger partial charge is 0.257 e. The number of nitrogens with zero attached hydrogens (tertiary/aromatic N) is 2. The van der Waals surface area contributed by atoms with Crippen molar-refractivity contribution in [3.05, 3.63) is 82.9 Å². The number of benzene rings is 3. The predicted molar refractivity (Wildman–Crippen MR) is 172 cm³/mol. The summed E-state index contributed by atoms with van der Waals surface area (Å²) in [4.78, 5) is 29.7. The number of ether oxygens (including phenoxy) is 2. The lowest BCUT2D eigenvalue weighted by Gasteiger charge is -2.36. The number of amides is 2. The quantitative estimate of drug-likeness (QED) is 0.263. The molecule has 1 saturated heterocycles. The summed E-state index contributed by atoms with van der Waals surface area (Å²) >= 11 is 12.0. The maximum Gasteiger partial charge on any atom is 0.257 e. The van der Waals surface area contributed by atoms with Crippen LogP contribution >= 0.6 is 23.8 Å². The molecule has 0 aliphatic carbocycles. The molecule has 1 heterocycles. The Bertz CT molecular complexity index is 1390. The molecule has 0 saturated carbocycles. The number of carbonyl (C=O) groups excluding carboxylic acids is 2. The van der Waals surface area contributed by atoms with E-state index in [4.69, 9.17) is 33.3 Å². The molecular formula is C32H37ClN4O4S. The van der Waals surface area contributed by atoms with Crippen molar-refractivity contribution in [3.63, 3.8) is 0 Å². The standard InChI is InChI=1S/C32H37ClN4O4S/c1-4-18-40-26-11-8-23(9-12-26)31(39)37-16-14-36(15-17-37)29-13-10-25(20-28(29)33)34-32(42)35-30(38)24-6-5-7-27(19-24)41-21-22(2)3/h5-13,19-20,22H,4,14-18,21H2,1-3H3,(H2,34,35,38,42). The number of anilines is 2. The molecule has 2 amide bonds. The molecule has 0 atom stereocenters. The Morgan fingerprint density at radius 2 is 1.67 bits per heavy atom. The van der Waals surface area contributed by atoms with Crippen LogP contribution in [0.25, 0.3) is 0 Å². The number of thiocarbonyl (C=S) groups is 1. The van der Waals surface area contributed by atoms with Crippen LogP contribution in [0.4, 0.5) is 11.4 Å². The van der Waals surface area contributed by atoms with Crippen LogP contribution in [0, 0.1) is 5.92 Å². The number of piperazine rings is 1. The van der Waals surface area contributed by atoms with Gasteiger partial charge in [0, 0.05) is 43.0 Å². The first-order chi connectivity index (χ1) is 20.2. The van der Waals surface area contributed by atoms with E-state index in [1.807, 2.05) is 47.4 Å². The van der Waals surface area contributed by atoms with Gasteiger partial charge in [-0.1, -0.05) is 38.4 Å². The lowest BCUT2D eigenvalue weighted by atomic mass is 10.1. The zero-order valence-electron chi connectivity index (χ0n) is 24.2. The van der Waals surface area contributed by atoms with Gasteiger partial charge in [-0.2, -0.15) is 0 Å². The molecule has 1 fully saturated rings. The van der Waals surface area contributed by atoms with Gasteiger partial charge in [0.15, 0.2) is 5.11 Å². The molecule has 0 spiro atoms. The Labute approximate surface area is 257 Å². The lowest BCUT2D eigenvalue weighted by Crippen LogP contribution is -2.48. The van der Waals surface area contributed by atoms with Crippen LogP contribution < -0.4 is 25.0 Å². The maximum absolute atomic E-state index is 13.0. The summed E-state index contributed by atoms with van der Waals surface area (Å²) in [5.74, 6) is 1.46. The fourth-order valence-electron chi connectivity index (χ4n) is 4.42. The minimum Gasteiger partial charge on any atom is -0.494 e. The van der Waals surface area contributed by atoms with Crippen molar-refractivity contribution in [3.8, 4) is 11.5 Å². The Kier molecular flexibility index (Phi) is 11.0. The average Bonchev–Trinajstić information content (AvgIpc) is 2.99. The summed E-state index contributed by atoms with van der Waals surface area (Å²) in [6, 6.07) is 19.8. The first-order valence-electron chi connectivity index (χ1n) is 14.1. The number of carbonyl (C=O) groups is 2. The molecule has 0 aromatic heterocycles. The van der Waals surface area contributed by atoms with Gasteiger partial charge in [-0.25, -0.2) is 0 Å². The highest BCUT2D eigenvalue weighted by Gasteiger charge is 2.23. The van der Waals surface area contributed by atoms with Gasteiger partial charge in [-0.05, 0) is 85.2 Å². The monoisotopic (exact) mass is 608 g/mol. The van der Waals surface area contributed by atoms with Gasteiger partial charge in [-0.3, -0.25) is 14.9 Å². The number of nitrogens with one attached hydrogen (secondary N) is 2. The minimum absolute atomic E-state index is 0.00714. The summed E-state index contributed by atoms with van der Waals surface area (Å²) in [7, 11) is 0. The van der Waals surface area contributed by atoms with E-state index in [2.05, 4.69) is 36.3 Å². The number of halogens is 1. The topological polar surface area (TPSA) is 83.1 Å². The van der Waals surface area contributed by atoms with Crippen molar-refractivity contribution in [1.29, 1.82) is 0 Å². The van der Waals surface area contributed by atoms with Crippen molar-refractivity contribution in [1.82, 2.24) is 10.2 Å². The summed E-state index contributed by atoms with van der Waals surface area (Å²) in [5, 5.41) is 6.44. The van der Waals surface area contributed by atoms with Gasteiger partial charge in [0.2, 0.25) is 0 Å². The molecule has 2 N–H and O–H groups in total. The summed E-state index contributed by atoms with van der Waals surface area (Å²) < 4.78 is 11.3. The predicted octanol–water partition coefficient (Wildman–Crippen LogP) is 6.25. The fraction of sp³-hybridized carbons (Fsp3) is 0.344. The molecule has 1 aliphatic heterocycles. The van der Waals surface area contributed by atoms with Crippen LogP contribution in [0.3, 0.4) is 0 Å². The van der Waals surface area contributed by atoms with Gasteiger partial charge in [0.1, 0.15) is 11.5 Å². The largest absolute Gasteiger partial charge is 0.494 e. The van der Waals surface area contributed by atoms with Crippen LogP contribution in [0.2, 0.25) is 5.02 Å². The molecule has 10 heteroatoms. The molecule has 4 rings (SSSR count). The van der Waals surface area contributed by atoms with E-state index in [0.29, 0.717) is 72.9 Å². The van der Waals surface area contributed by atoms with E-state index >= 15 is 0 Å². The molecule has 1 aliphatic rings. The third-order valence-electron chi connectivity index (χ3n) is 6.59. The SMILES string of the molecule is CCCOc1ccc(C(=O)N2CCN(c3ccc(NC(=S)NC(=O)c4cccc(OCC(C)C)c4)cc3Cl)CC2)cc1. The molecule has 0 unspecified atom stereocenters. The van der Waals surface area contributed by atoms with Crippen molar-refractivity contribution >= 4 is 52.1 Å². The minimum atomic E-state index is -0.335. The molecule has 3 aromatic carbocycles. The van der Waals surface area contributed by atoms with Gasteiger partial charge in [-0.15, -0.1) is 0 Å². The molecule has 222 valence electrons. The highest BCUT2D eigenvalue weighted by atomic mass is 35.5. The fourth-order valence-corrected chi connectivity index (χ4v) is 4.93. The highest BCUT2D eigenvalue weighted by Crippen LogP contribution is 2.30. The van der Waals surface area contributed by atoms with Crippen molar-refractivity contribution in [2.24, 2.45) is 5.92 Å². The number of hydrogen-bond donors (Lipinski definition) is 2. The van der Waals surface area contributed by atoms with Crippen molar-refractivity contribution in [2.45, 2.75) is 27.2 Å². The van der Waals surface area contributed by atoms with E-state index in [9.17, 15) is 9.59 Å². The molecule has 42 heavy (non-hydrogen) atoms. The van der Waals surface area contributed by atoms with E-state index < -0.39 is 0 Å². The second-order valence-electron chi connectivity index (χ2n) is 10.5. The maximum atomic E-state index is 13.0. The number of rotatable bonds is 10. The molecule has 0 bridgehead atoms. The number of hydrogen-bond acceptors (Lipinski definition) is 6. The third-order valence-corrected chi connectivity index (χ3v) is 7.10. The van der Waals surface area contributed by atoms with Crippen LogP contribution in [0.1, 0.15) is 47.9 Å². The van der Waals surface area contributed by atoms with E-state index in [0.717, 1.165) is 17.9 Å². The van der Waals surface area contributed by atoms with E-state index in [1.54, 1.807) is 24.3 Å². The van der Waals surface area contributed by atoms with Crippen LogP contribution in [-0.2, 0) is 0 Å². The summed E-state index contributed by atoms with van der Waals surface area (Å²) in [6.07, 6.45) is 0.935. The Morgan fingerprint density at radius 3 is 2.33 bits per heavy atom. The van der Waals surface area contributed by atoms with Crippen LogP contribution in [0.5, 0.6) is 11.5 Å². The Hall–Kier alpha value is -3.82. The Balaban J connectivity index is 1.28. The van der Waals surface area contributed by atoms with Crippen molar-refractivity contribution in [2.75, 3.05) is 49.6 Å². The second kappa shape index (κ2) is 14.9. The van der Waals surface area contributed by atoms with Crippen LogP contribution in [-0.4, -0.2) is 61.2 Å². The van der Waals surface area contributed by atoms with E-state index in [1.165, 1.54) is 0 Å². The van der Waals surface area contributed by atoms with Gasteiger partial charge < -0.3 is 24.6 Å². The molecule has 0 radical (unpaired) electrons. The van der Waals surface area contributed by atoms with E-state index in [-0.39, 0.29) is 16.9 Å². The normalized spacial score (nSPS) is 13.1. The summed E-state index contributed by atoms with van der Waals surface area (Å²) in [5.41, 5.74) is 2.63. The Morgan fingerprint density at radius 1 is 0.929 bits per heavy atom. The molecule has 3 aromatic rings. The zero-order chi connectivity index (χ0) is 30.1. The highest BCUT2D eigenvalue weighted by molar-refractivity contribution is 7.80. The average molecular weight is 609 g/mol. The van der Waals surface area contributed by atoms with Crippen LogP contribution in [0.15, 0.2) is 66.7 Å². The molecule has 8 nitrogen and oxygen atoms in total. The first kappa shape index (κ1) is 31.1. The zero-order valence-corrected chi connectivity index (χ0v) is 25.8. The summed E-state index contributed by atoms with van der Waals surface area (Å²) in [6.45, 7) is 9.89. The lowest BCUT2D eigenvalue weighted by molar-refractivity contribution is 0.0746. The molecular weight excluding hydrogens is 572 g/mol. The van der Waals surface area contributed by atoms with Gasteiger partial charge >= 0.3 is 0 Å². The third kappa shape index (κ3) is 8.59. The second-order valence-corrected chi connectivity index (χ2v) is 11.3. The van der Waals surface area contributed by atoms with Gasteiger partial charge in [0.05, 0.1) is 23.9 Å². The van der Waals surface area contributed by atoms with Crippen molar-refractivity contribution < 1.29 is 19.1 Å². The van der Waals surface area contributed by atoms with Gasteiger partial charge in [0.25, 0.3) is 11.8 Å².